The van der Waals surface area contributed by atoms with Gasteiger partial charge >= 0.3 is 6.18 Å². The highest BCUT2D eigenvalue weighted by Crippen LogP contribution is 2.29. The number of primary amides is 1. The van der Waals surface area contributed by atoms with Gasteiger partial charge in [-0.15, -0.1) is 0 Å². The van der Waals surface area contributed by atoms with Gasteiger partial charge in [-0.3, -0.25) is 9.59 Å². The molecule has 1 heterocycles. The third-order valence-electron chi connectivity index (χ3n) is 2.95. The number of hydrogen-bond donors (Lipinski definition) is 2. The number of alkyl halides is 3. The maximum absolute atomic E-state index is 12.4. The fraction of sp³-hybridized carbons (Fsp3) is 0.133. The summed E-state index contributed by atoms with van der Waals surface area (Å²) in [7, 11) is 0. The number of carbonyl (C=O) groups is 2. The molecule has 23 heavy (non-hydrogen) atoms. The third-order valence-corrected chi connectivity index (χ3v) is 2.95. The molecule has 1 aromatic heterocycles. The first-order chi connectivity index (χ1) is 10.8. The molecule has 0 aliphatic carbocycles. The summed E-state index contributed by atoms with van der Waals surface area (Å²) in [6, 6.07) is 7.15. The van der Waals surface area contributed by atoms with Gasteiger partial charge in [0.05, 0.1) is 23.9 Å². The van der Waals surface area contributed by atoms with Crippen LogP contribution < -0.4 is 11.1 Å². The van der Waals surface area contributed by atoms with Crippen LogP contribution in [0.25, 0.3) is 0 Å². The number of aromatic nitrogens is 1. The van der Waals surface area contributed by atoms with Crippen molar-refractivity contribution in [3.05, 3.63) is 59.4 Å². The molecule has 120 valence electrons. The molecule has 3 N–H and O–H groups in total. The summed E-state index contributed by atoms with van der Waals surface area (Å²) in [5.41, 5.74) is 5.13. The van der Waals surface area contributed by atoms with Crippen LogP contribution in [0.3, 0.4) is 0 Å². The van der Waals surface area contributed by atoms with Crippen molar-refractivity contribution in [1.82, 2.24) is 4.98 Å². The van der Waals surface area contributed by atoms with Crippen molar-refractivity contribution >= 4 is 17.5 Å². The third kappa shape index (κ3) is 4.53. The molecule has 0 aliphatic heterocycles. The molecule has 5 nitrogen and oxygen atoms in total. The van der Waals surface area contributed by atoms with Crippen molar-refractivity contribution < 1.29 is 22.8 Å². The zero-order valence-electron chi connectivity index (χ0n) is 11.7. The predicted octanol–water partition coefficient (Wildman–Crippen LogP) is 2.38. The first-order valence-corrected chi connectivity index (χ1v) is 6.47. The number of nitrogens with zero attached hydrogens (tertiary/aromatic N) is 1. The van der Waals surface area contributed by atoms with Gasteiger partial charge in [-0.1, -0.05) is 12.1 Å². The maximum Gasteiger partial charge on any atom is 0.416 e. The number of nitrogens with one attached hydrogen (secondary N) is 1. The number of nitrogens with two attached hydrogens (primary N) is 1. The Bertz CT molecular complexity index is 710. The van der Waals surface area contributed by atoms with Gasteiger partial charge in [0.1, 0.15) is 5.69 Å². The van der Waals surface area contributed by atoms with Gasteiger partial charge in [-0.25, -0.2) is 4.98 Å². The minimum atomic E-state index is -4.41. The zero-order chi connectivity index (χ0) is 17.0. The molecule has 1 aromatic carbocycles. The number of hydrogen-bond acceptors (Lipinski definition) is 3. The van der Waals surface area contributed by atoms with Crippen LogP contribution in [0.15, 0.2) is 42.6 Å². The van der Waals surface area contributed by atoms with Crippen LogP contribution in [0.5, 0.6) is 0 Å². The highest BCUT2D eigenvalue weighted by molar-refractivity contribution is 5.93. The molecule has 0 atom stereocenters. The topological polar surface area (TPSA) is 85.1 Å². The summed E-state index contributed by atoms with van der Waals surface area (Å²) in [6.45, 7) is 0. The molecule has 0 unspecified atom stereocenters. The van der Waals surface area contributed by atoms with E-state index in [9.17, 15) is 22.8 Å². The van der Waals surface area contributed by atoms with Crippen molar-refractivity contribution in [3.8, 4) is 0 Å². The fourth-order valence-corrected chi connectivity index (χ4v) is 1.82. The van der Waals surface area contributed by atoms with Crippen LogP contribution in [0, 0.1) is 0 Å². The molecule has 2 amide bonds. The Hall–Kier alpha value is -2.90. The first kappa shape index (κ1) is 16.5. The second-order valence-corrected chi connectivity index (χ2v) is 4.72. The Balaban J connectivity index is 1.98. The SMILES string of the molecule is NC(=O)c1ccc(NC(=O)Cc2ccc(C(F)(F)F)cc2)cn1. The summed E-state index contributed by atoms with van der Waals surface area (Å²) >= 11 is 0. The average molecular weight is 323 g/mol. The van der Waals surface area contributed by atoms with Crippen molar-refractivity contribution in [2.75, 3.05) is 5.32 Å². The lowest BCUT2D eigenvalue weighted by Crippen LogP contribution is -2.16. The van der Waals surface area contributed by atoms with Crippen LogP contribution in [0.1, 0.15) is 21.6 Å². The molecule has 0 saturated heterocycles. The van der Waals surface area contributed by atoms with E-state index in [1.807, 2.05) is 0 Å². The minimum Gasteiger partial charge on any atom is -0.364 e. The van der Waals surface area contributed by atoms with Gasteiger partial charge in [0.25, 0.3) is 5.91 Å². The molecule has 0 radical (unpaired) electrons. The molecule has 2 aromatic rings. The van der Waals surface area contributed by atoms with Crippen LogP contribution in [0.4, 0.5) is 18.9 Å². The van der Waals surface area contributed by atoms with Crippen LogP contribution in [-0.2, 0) is 17.4 Å². The number of pyridine rings is 1. The zero-order valence-corrected chi connectivity index (χ0v) is 11.7. The van der Waals surface area contributed by atoms with Crippen LogP contribution in [0.2, 0.25) is 0 Å². The molecule has 0 bridgehead atoms. The molecule has 8 heteroatoms. The van der Waals surface area contributed by atoms with E-state index in [2.05, 4.69) is 10.3 Å². The van der Waals surface area contributed by atoms with E-state index in [1.54, 1.807) is 0 Å². The molecule has 0 spiro atoms. The first-order valence-electron chi connectivity index (χ1n) is 6.47. The van der Waals surface area contributed by atoms with Crippen LogP contribution in [-0.4, -0.2) is 16.8 Å². The number of anilines is 1. The largest absolute Gasteiger partial charge is 0.416 e. The van der Waals surface area contributed by atoms with E-state index in [-0.39, 0.29) is 12.1 Å². The maximum atomic E-state index is 12.4. The van der Waals surface area contributed by atoms with Crippen molar-refractivity contribution in [1.29, 1.82) is 0 Å². The Kier molecular flexibility index (Phi) is 4.63. The quantitative estimate of drug-likeness (QED) is 0.906. The molecular weight excluding hydrogens is 311 g/mol. The Labute approximate surface area is 129 Å². The minimum absolute atomic E-state index is 0.0609. The highest BCUT2D eigenvalue weighted by atomic mass is 19.4. The lowest BCUT2D eigenvalue weighted by molar-refractivity contribution is -0.137. The highest BCUT2D eigenvalue weighted by Gasteiger charge is 2.29. The lowest BCUT2D eigenvalue weighted by atomic mass is 10.1. The van der Waals surface area contributed by atoms with E-state index in [4.69, 9.17) is 5.73 Å². The van der Waals surface area contributed by atoms with E-state index in [0.29, 0.717) is 11.3 Å². The van der Waals surface area contributed by atoms with Crippen LogP contribution >= 0.6 is 0 Å². The Morgan fingerprint density at radius 2 is 1.74 bits per heavy atom. The Morgan fingerprint density at radius 3 is 2.22 bits per heavy atom. The summed E-state index contributed by atoms with van der Waals surface area (Å²) in [5, 5.41) is 2.53. The number of amides is 2. The van der Waals surface area contributed by atoms with E-state index < -0.39 is 23.6 Å². The summed E-state index contributed by atoms with van der Waals surface area (Å²) in [4.78, 5) is 26.5. The van der Waals surface area contributed by atoms with Gasteiger partial charge < -0.3 is 11.1 Å². The van der Waals surface area contributed by atoms with E-state index in [0.717, 1.165) is 12.1 Å². The van der Waals surface area contributed by atoms with Crippen molar-refractivity contribution in [3.63, 3.8) is 0 Å². The van der Waals surface area contributed by atoms with Crippen molar-refractivity contribution in [2.45, 2.75) is 12.6 Å². The monoisotopic (exact) mass is 323 g/mol. The number of halogens is 3. The standard InChI is InChI=1S/C15H12F3N3O2/c16-15(17,18)10-3-1-9(2-4-10)7-13(22)21-11-5-6-12(14(19)23)20-8-11/h1-6,8H,7H2,(H2,19,23)(H,21,22). The van der Waals surface area contributed by atoms with E-state index >= 15 is 0 Å². The molecule has 2 rings (SSSR count). The summed E-state index contributed by atoms with van der Waals surface area (Å²) in [6.07, 6.45) is -3.23. The normalized spacial score (nSPS) is 11.1. The fourth-order valence-electron chi connectivity index (χ4n) is 1.82. The molecule has 0 fully saturated rings. The van der Waals surface area contributed by atoms with Gasteiger partial charge in [0, 0.05) is 0 Å². The number of rotatable bonds is 4. The second kappa shape index (κ2) is 6.47. The average Bonchev–Trinajstić information content (AvgIpc) is 2.47. The van der Waals surface area contributed by atoms with Gasteiger partial charge in [-0.2, -0.15) is 13.2 Å². The summed E-state index contributed by atoms with van der Waals surface area (Å²) < 4.78 is 37.3. The molecule has 0 saturated carbocycles. The predicted molar refractivity (Wildman–Crippen MR) is 76.5 cm³/mol. The van der Waals surface area contributed by atoms with Crippen molar-refractivity contribution in [2.24, 2.45) is 5.73 Å². The second-order valence-electron chi connectivity index (χ2n) is 4.72. The molecular formula is C15H12F3N3O2. The van der Waals surface area contributed by atoms with Gasteiger partial charge in [-0.05, 0) is 29.8 Å². The van der Waals surface area contributed by atoms with Gasteiger partial charge in [0.2, 0.25) is 5.91 Å². The smallest absolute Gasteiger partial charge is 0.364 e. The summed E-state index contributed by atoms with van der Waals surface area (Å²) in [5.74, 6) is -1.11. The van der Waals surface area contributed by atoms with Gasteiger partial charge in [0.15, 0.2) is 0 Å². The Morgan fingerprint density at radius 1 is 1.09 bits per heavy atom. The van der Waals surface area contributed by atoms with E-state index in [1.165, 1.54) is 30.5 Å². The molecule has 0 aliphatic rings. The number of benzene rings is 1. The lowest BCUT2D eigenvalue weighted by Gasteiger charge is -2.08. The number of carbonyl (C=O) groups excluding carboxylic acids is 2.